The molecule has 0 saturated carbocycles. The lowest BCUT2D eigenvalue weighted by Crippen LogP contribution is -2.32. The quantitative estimate of drug-likeness (QED) is 0.373. The molecule has 0 spiro atoms. The average Bonchev–Trinajstić information content (AvgIpc) is 2.76. The molecule has 0 aliphatic heterocycles. The molecule has 30 heavy (non-hydrogen) atoms. The molecule has 3 aromatic rings. The van der Waals surface area contributed by atoms with Crippen LogP contribution in [-0.4, -0.2) is 18.0 Å². The number of rotatable bonds is 6. The van der Waals surface area contributed by atoms with Crippen molar-refractivity contribution < 1.29 is 14.3 Å². The highest BCUT2D eigenvalue weighted by Crippen LogP contribution is 2.14. The number of nitrogens with zero attached hydrogens (tertiary/aromatic N) is 1. The molecule has 0 aliphatic carbocycles. The Labute approximate surface area is 175 Å². The van der Waals surface area contributed by atoms with Crippen LogP contribution in [0, 0.1) is 13.8 Å². The number of hydrazone groups is 1. The number of aryl methyl sites for hydroxylation is 2. The zero-order valence-corrected chi connectivity index (χ0v) is 16.9. The van der Waals surface area contributed by atoms with Gasteiger partial charge in [-0.2, -0.15) is 5.10 Å². The van der Waals surface area contributed by atoms with E-state index in [9.17, 15) is 9.59 Å². The van der Waals surface area contributed by atoms with Crippen molar-refractivity contribution >= 4 is 23.7 Å². The fraction of sp³-hybridized carbons (Fsp3) is 0.125. The first-order valence-corrected chi connectivity index (χ1v) is 9.49. The van der Waals surface area contributed by atoms with Gasteiger partial charge in [0.15, 0.2) is 0 Å². The molecule has 0 heterocycles. The third-order valence-electron chi connectivity index (χ3n) is 4.30. The Balaban J connectivity index is 1.46. The van der Waals surface area contributed by atoms with E-state index in [1.54, 1.807) is 12.1 Å². The van der Waals surface area contributed by atoms with E-state index in [0.29, 0.717) is 12.3 Å². The van der Waals surface area contributed by atoms with Gasteiger partial charge in [-0.15, -0.1) is 0 Å². The summed E-state index contributed by atoms with van der Waals surface area (Å²) in [6.45, 7) is 4.47. The summed E-state index contributed by atoms with van der Waals surface area (Å²) in [5.41, 5.74) is 6.89. The number of ether oxygens (including phenoxy) is 1. The average molecular weight is 401 g/mol. The van der Waals surface area contributed by atoms with Gasteiger partial charge >= 0.3 is 11.8 Å². The van der Waals surface area contributed by atoms with Crippen molar-refractivity contribution in [3.05, 3.63) is 95.1 Å². The van der Waals surface area contributed by atoms with E-state index in [2.05, 4.69) is 15.8 Å². The van der Waals surface area contributed by atoms with Gasteiger partial charge in [-0.05, 0) is 61.4 Å². The van der Waals surface area contributed by atoms with Gasteiger partial charge in [0.25, 0.3) is 0 Å². The molecule has 3 aromatic carbocycles. The van der Waals surface area contributed by atoms with E-state index in [4.69, 9.17) is 4.74 Å². The number of benzene rings is 3. The van der Waals surface area contributed by atoms with E-state index in [-0.39, 0.29) is 0 Å². The van der Waals surface area contributed by atoms with Gasteiger partial charge in [-0.3, -0.25) is 9.59 Å². The highest BCUT2D eigenvalue weighted by atomic mass is 16.5. The van der Waals surface area contributed by atoms with Crippen LogP contribution in [0.3, 0.4) is 0 Å². The topological polar surface area (TPSA) is 79.8 Å². The summed E-state index contributed by atoms with van der Waals surface area (Å²) < 4.78 is 5.76. The van der Waals surface area contributed by atoms with Gasteiger partial charge in [0.2, 0.25) is 0 Å². The first-order chi connectivity index (χ1) is 14.5. The fourth-order valence-electron chi connectivity index (χ4n) is 2.54. The van der Waals surface area contributed by atoms with Crippen LogP contribution in [0.25, 0.3) is 0 Å². The number of carbonyl (C=O) groups excluding carboxylic acids is 2. The zero-order valence-electron chi connectivity index (χ0n) is 16.9. The monoisotopic (exact) mass is 401 g/mol. The predicted molar refractivity (Wildman–Crippen MR) is 117 cm³/mol. The molecule has 0 aromatic heterocycles. The Morgan fingerprint density at radius 1 is 0.833 bits per heavy atom. The lowest BCUT2D eigenvalue weighted by Gasteiger charge is -2.07. The number of nitrogens with one attached hydrogen (secondary N) is 2. The highest BCUT2D eigenvalue weighted by molar-refractivity contribution is 6.39. The Morgan fingerprint density at radius 2 is 1.43 bits per heavy atom. The molecular weight excluding hydrogens is 378 g/mol. The predicted octanol–water partition coefficient (Wildman–Crippen LogP) is 3.97. The molecule has 0 unspecified atom stereocenters. The van der Waals surface area contributed by atoms with Crippen LogP contribution in [-0.2, 0) is 16.2 Å². The number of hydrogen-bond acceptors (Lipinski definition) is 4. The summed E-state index contributed by atoms with van der Waals surface area (Å²) in [5, 5.41) is 6.34. The van der Waals surface area contributed by atoms with Gasteiger partial charge in [0.1, 0.15) is 12.4 Å². The molecule has 0 saturated heterocycles. The largest absolute Gasteiger partial charge is 0.489 e. The fourth-order valence-corrected chi connectivity index (χ4v) is 2.54. The lowest BCUT2D eigenvalue weighted by atomic mass is 10.2. The standard InChI is InChI=1S/C24H23N3O3/c1-17-3-7-20(8-4-17)16-30-22-13-9-19(10-14-22)15-25-27-24(29)23(28)26-21-11-5-18(2)6-12-21/h3-15H,16H2,1-2H3,(H,26,28)(H,27,29). The molecule has 3 rings (SSSR count). The van der Waals surface area contributed by atoms with E-state index >= 15 is 0 Å². The second-order valence-electron chi connectivity index (χ2n) is 6.86. The van der Waals surface area contributed by atoms with Gasteiger partial charge in [0, 0.05) is 5.69 Å². The molecule has 0 atom stereocenters. The van der Waals surface area contributed by atoms with Crippen molar-refractivity contribution in [2.24, 2.45) is 5.10 Å². The van der Waals surface area contributed by atoms with Gasteiger partial charge in [-0.25, -0.2) is 5.43 Å². The van der Waals surface area contributed by atoms with Crippen LogP contribution in [0.4, 0.5) is 5.69 Å². The van der Waals surface area contributed by atoms with Crippen molar-refractivity contribution in [3.8, 4) is 5.75 Å². The smallest absolute Gasteiger partial charge is 0.329 e. The Morgan fingerprint density at radius 3 is 2.07 bits per heavy atom. The molecular formula is C24H23N3O3. The van der Waals surface area contributed by atoms with Crippen molar-refractivity contribution in [3.63, 3.8) is 0 Å². The third-order valence-corrected chi connectivity index (χ3v) is 4.30. The Kier molecular flexibility index (Phi) is 6.95. The maximum Gasteiger partial charge on any atom is 0.329 e. The lowest BCUT2D eigenvalue weighted by molar-refractivity contribution is -0.136. The van der Waals surface area contributed by atoms with Crippen LogP contribution in [0.15, 0.2) is 77.9 Å². The van der Waals surface area contributed by atoms with Crippen molar-refractivity contribution in [1.82, 2.24) is 5.43 Å². The molecule has 0 bridgehead atoms. The molecule has 0 aliphatic rings. The molecule has 6 heteroatoms. The summed E-state index contributed by atoms with van der Waals surface area (Å²) >= 11 is 0. The third kappa shape index (κ3) is 6.31. The molecule has 2 amide bonds. The second-order valence-corrected chi connectivity index (χ2v) is 6.86. The number of carbonyl (C=O) groups is 2. The van der Waals surface area contributed by atoms with E-state index in [1.807, 2.05) is 74.5 Å². The molecule has 152 valence electrons. The summed E-state index contributed by atoms with van der Waals surface area (Å²) in [6, 6.07) is 22.6. The minimum Gasteiger partial charge on any atom is -0.489 e. The Bertz CT molecular complexity index is 1020. The maximum absolute atomic E-state index is 11.9. The minimum atomic E-state index is -0.843. The Hall–Kier alpha value is -3.93. The number of hydrogen-bond donors (Lipinski definition) is 2. The molecule has 0 radical (unpaired) electrons. The van der Waals surface area contributed by atoms with E-state index < -0.39 is 11.8 Å². The van der Waals surface area contributed by atoms with Crippen molar-refractivity contribution in [2.75, 3.05) is 5.32 Å². The van der Waals surface area contributed by atoms with Crippen LogP contribution >= 0.6 is 0 Å². The maximum atomic E-state index is 11.9. The zero-order chi connectivity index (χ0) is 21.3. The number of amides is 2. The van der Waals surface area contributed by atoms with Gasteiger partial charge < -0.3 is 10.1 Å². The normalized spacial score (nSPS) is 10.6. The van der Waals surface area contributed by atoms with Gasteiger partial charge in [-0.1, -0.05) is 47.5 Å². The highest BCUT2D eigenvalue weighted by Gasteiger charge is 2.12. The van der Waals surface area contributed by atoms with Crippen molar-refractivity contribution in [2.45, 2.75) is 20.5 Å². The summed E-state index contributed by atoms with van der Waals surface area (Å²) in [4.78, 5) is 23.7. The van der Waals surface area contributed by atoms with Crippen molar-refractivity contribution in [1.29, 1.82) is 0 Å². The second kappa shape index (κ2) is 10.0. The molecule has 2 N–H and O–H groups in total. The minimum absolute atomic E-state index is 0.486. The first kappa shape index (κ1) is 20.8. The van der Waals surface area contributed by atoms with Crippen LogP contribution < -0.4 is 15.5 Å². The summed E-state index contributed by atoms with van der Waals surface area (Å²) in [7, 11) is 0. The van der Waals surface area contributed by atoms with Gasteiger partial charge in [0.05, 0.1) is 6.21 Å². The summed E-state index contributed by atoms with van der Waals surface area (Å²) in [6.07, 6.45) is 1.46. The van der Waals surface area contributed by atoms with E-state index in [0.717, 1.165) is 22.4 Å². The van der Waals surface area contributed by atoms with Crippen LogP contribution in [0.5, 0.6) is 5.75 Å². The first-order valence-electron chi connectivity index (χ1n) is 9.49. The molecule has 6 nitrogen and oxygen atoms in total. The SMILES string of the molecule is Cc1ccc(COc2ccc(C=NNC(=O)C(=O)Nc3ccc(C)cc3)cc2)cc1. The van der Waals surface area contributed by atoms with Crippen LogP contribution in [0.1, 0.15) is 22.3 Å². The van der Waals surface area contributed by atoms with E-state index in [1.165, 1.54) is 11.8 Å². The number of anilines is 1. The van der Waals surface area contributed by atoms with Crippen LogP contribution in [0.2, 0.25) is 0 Å². The molecule has 0 fully saturated rings. The summed E-state index contributed by atoms with van der Waals surface area (Å²) in [5.74, 6) is -0.894.